The van der Waals surface area contributed by atoms with Gasteiger partial charge in [-0.15, -0.1) is 35.3 Å². The van der Waals surface area contributed by atoms with Crippen molar-refractivity contribution in [3.8, 4) is 0 Å². The Hall–Kier alpha value is -0.650. The maximum atomic E-state index is 12.1. The van der Waals surface area contributed by atoms with E-state index in [0.29, 0.717) is 16.8 Å². The first-order valence-electron chi connectivity index (χ1n) is 7.77. The monoisotopic (exact) mass is 484 g/mol. The fourth-order valence-corrected chi connectivity index (χ4v) is 4.57. The van der Waals surface area contributed by atoms with E-state index in [1.807, 2.05) is 13.8 Å². The van der Waals surface area contributed by atoms with Crippen molar-refractivity contribution >= 4 is 51.3 Å². The normalized spacial score (nSPS) is 15.3. The lowest BCUT2D eigenvalue weighted by molar-refractivity contribution is 0.583. The molecule has 0 atom stereocenters. The first kappa shape index (κ1) is 21.4. The third-order valence-corrected chi connectivity index (χ3v) is 6.30. The fourth-order valence-electron chi connectivity index (χ4n) is 2.22. The van der Waals surface area contributed by atoms with E-state index in [1.165, 1.54) is 11.3 Å². The highest BCUT2D eigenvalue weighted by atomic mass is 127. The van der Waals surface area contributed by atoms with Gasteiger partial charge in [0.2, 0.25) is 10.0 Å². The molecule has 0 aromatic carbocycles. The van der Waals surface area contributed by atoms with E-state index in [1.54, 1.807) is 12.1 Å². The van der Waals surface area contributed by atoms with Crippen LogP contribution in [0.15, 0.2) is 33.5 Å². The number of rotatable bonds is 7. The molecule has 0 saturated heterocycles. The average Bonchev–Trinajstić information content (AvgIpc) is 3.15. The first-order chi connectivity index (χ1) is 11.0. The largest absolute Gasteiger partial charge is 0.357 e. The van der Waals surface area contributed by atoms with Crippen molar-refractivity contribution in [1.29, 1.82) is 0 Å². The van der Waals surface area contributed by atoms with Gasteiger partial charge in [0.25, 0.3) is 0 Å². The highest BCUT2D eigenvalue weighted by Crippen LogP contribution is 2.19. The Labute approximate surface area is 165 Å². The number of hydrogen-bond acceptors (Lipinski definition) is 4. The molecule has 1 aliphatic carbocycles. The minimum absolute atomic E-state index is 0. The summed E-state index contributed by atoms with van der Waals surface area (Å²) >= 11 is 1.27. The zero-order valence-corrected chi connectivity index (χ0v) is 17.9. The molecule has 0 unspecified atom stereocenters. The molecular formula is C15H25IN4O2S2. The zero-order valence-electron chi connectivity index (χ0n) is 13.9. The van der Waals surface area contributed by atoms with Crippen molar-refractivity contribution in [3.05, 3.63) is 29.2 Å². The third kappa shape index (κ3) is 6.69. The summed E-state index contributed by atoms with van der Waals surface area (Å²) in [4.78, 5) is 5.40. The van der Waals surface area contributed by atoms with Crippen molar-refractivity contribution in [1.82, 2.24) is 15.4 Å². The molecule has 2 rings (SSSR count). The van der Waals surface area contributed by atoms with Crippen LogP contribution in [0.4, 0.5) is 0 Å². The molecular weight excluding hydrogens is 459 g/mol. The second-order valence-electron chi connectivity index (χ2n) is 5.31. The SMILES string of the molecule is CCNC(=NCCNS(=O)(=O)c1ccc(C)s1)NC1CC=CC1.I. The van der Waals surface area contributed by atoms with E-state index in [2.05, 4.69) is 32.5 Å². The molecule has 1 aliphatic rings. The van der Waals surface area contributed by atoms with Gasteiger partial charge in [-0.05, 0) is 38.8 Å². The summed E-state index contributed by atoms with van der Waals surface area (Å²) in [5, 5.41) is 6.53. The predicted molar refractivity (Wildman–Crippen MR) is 111 cm³/mol. The van der Waals surface area contributed by atoms with Crippen LogP contribution >= 0.6 is 35.3 Å². The number of aliphatic imine (C=N–C) groups is 1. The molecule has 0 aliphatic heterocycles. The molecule has 0 amide bonds. The topological polar surface area (TPSA) is 82.6 Å². The summed E-state index contributed by atoms with van der Waals surface area (Å²) < 4.78 is 27.1. The van der Waals surface area contributed by atoms with Crippen molar-refractivity contribution < 1.29 is 8.42 Å². The second kappa shape index (κ2) is 10.4. The standard InChI is InChI=1S/C15H24N4O2S2.HI/c1-3-16-15(19-13-6-4-5-7-13)17-10-11-18-23(20,21)14-9-8-12(2)22-14;/h4-5,8-9,13,18H,3,6-7,10-11H2,1-2H3,(H2,16,17,19);1H. The fraction of sp³-hybridized carbons (Fsp3) is 0.533. The summed E-state index contributed by atoms with van der Waals surface area (Å²) in [6.07, 6.45) is 6.29. The van der Waals surface area contributed by atoms with Gasteiger partial charge in [-0.2, -0.15) is 0 Å². The van der Waals surface area contributed by atoms with E-state index in [0.717, 1.165) is 30.2 Å². The molecule has 0 fully saturated rings. The lowest BCUT2D eigenvalue weighted by Crippen LogP contribution is -2.42. The van der Waals surface area contributed by atoms with Gasteiger partial charge >= 0.3 is 0 Å². The molecule has 9 heteroatoms. The Balaban J connectivity index is 0.00000288. The molecule has 1 heterocycles. The average molecular weight is 484 g/mol. The lowest BCUT2D eigenvalue weighted by atomic mass is 10.2. The summed E-state index contributed by atoms with van der Waals surface area (Å²) in [6, 6.07) is 3.81. The summed E-state index contributed by atoms with van der Waals surface area (Å²) in [5.41, 5.74) is 0. The number of aryl methyl sites for hydroxylation is 1. The van der Waals surface area contributed by atoms with Gasteiger partial charge in [0.15, 0.2) is 5.96 Å². The molecule has 0 saturated carbocycles. The summed E-state index contributed by atoms with van der Waals surface area (Å²) in [6.45, 7) is 5.33. The quantitative estimate of drug-likeness (QED) is 0.182. The predicted octanol–water partition coefficient (Wildman–Crippen LogP) is 2.23. The smallest absolute Gasteiger partial charge is 0.250 e. The van der Waals surface area contributed by atoms with Gasteiger partial charge in [0, 0.05) is 24.0 Å². The van der Waals surface area contributed by atoms with E-state index in [9.17, 15) is 8.42 Å². The Kier molecular flexibility index (Phi) is 9.24. The van der Waals surface area contributed by atoms with Gasteiger partial charge < -0.3 is 10.6 Å². The molecule has 24 heavy (non-hydrogen) atoms. The van der Waals surface area contributed by atoms with Crippen LogP contribution in [0.1, 0.15) is 24.6 Å². The van der Waals surface area contributed by atoms with Gasteiger partial charge in [0.05, 0.1) is 6.54 Å². The molecule has 3 N–H and O–H groups in total. The van der Waals surface area contributed by atoms with Crippen LogP contribution in [0.5, 0.6) is 0 Å². The maximum absolute atomic E-state index is 12.1. The zero-order chi connectivity index (χ0) is 16.7. The Morgan fingerprint density at radius 1 is 1.33 bits per heavy atom. The third-order valence-electron chi connectivity index (χ3n) is 3.35. The van der Waals surface area contributed by atoms with Crippen molar-refractivity contribution in [2.24, 2.45) is 4.99 Å². The molecule has 0 radical (unpaired) electrons. The number of hydrogen-bond donors (Lipinski definition) is 3. The first-order valence-corrected chi connectivity index (χ1v) is 10.1. The van der Waals surface area contributed by atoms with Crippen LogP contribution in [-0.2, 0) is 10.0 Å². The van der Waals surface area contributed by atoms with E-state index >= 15 is 0 Å². The highest BCUT2D eigenvalue weighted by molar-refractivity contribution is 14.0. The Bertz CT molecular complexity index is 663. The number of nitrogens with zero attached hydrogens (tertiary/aromatic N) is 1. The molecule has 6 nitrogen and oxygen atoms in total. The van der Waals surface area contributed by atoms with E-state index in [-0.39, 0.29) is 30.5 Å². The summed E-state index contributed by atoms with van der Waals surface area (Å²) in [5.74, 6) is 0.729. The van der Waals surface area contributed by atoms with Crippen LogP contribution < -0.4 is 15.4 Å². The number of thiophene rings is 1. The molecule has 1 aromatic rings. The van der Waals surface area contributed by atoms with Crippen molar-refractivity contribution in [2.45, 2.75) is 36.9 Å². The van der Waals surface area contributed by atoms with Crippen molar-refractivity contribution in [3.63, 3.8) is 0 Å². The summed E-state index contributed by atoms with van der Waals surface area (Å²) in [7, 11) is -3.42. The molecule has 1 aromatic heterocycles. The minimum atomic E-state index is -3.42. The lowest BCUT2D eigenvalue weighted by Gasteiger charge is -2.16. The highest BCUT2D eigenvalue weighted by Gasteiger charge is 2.15. The second-order valence-corrected chi connectivity index (χ2v) is 8.59. The van der Waals surface area contributed by atoms with Crippen LogP contribution in [0.3, 0.4) is 0 Å². The Morgan fingerprint density at radius 2 is 2.04 bits per heavy atom. The van der Waals surface area contributed by atoms with Crippen molar-refractivity contribution in [2.75, 3.05) is 19.6 Å². The minimum Gasteiger partial charge on any atom is -0.357 e. The van der Waals surface area contributed by atoms with Crippen LogP contribution in [0.2, 0.25) is 0 Å². The van der Waals surface area contributed by atoms with Crippen LogP contribution in [0, 0.1) is 6.92 Å². The van der Waals surface area contributed by atoms with E-state index < -0.39 is 10.0 Å². The Morgan fingerprint density at radius 3 is 2.62 bits per heavy atom. The van der Waals surface area contributed by atoms with Gasteiger partial charge in [-0.25, -0.2) is 13.1 Å². The van der Waals surface area contributed by atoms with Gasteiger partial charge in [-0.3, -0.25) is 4.99 Å². The number of sulfonamides is 1. The van der Waals surface area contributed by atoms with Crippen LogP contribution in [-0.4, -0.2) is 40.1 Å². The molecule has 0 bridgehead atoms. The number of nitrogens with one attached hydrogen (secondary N) is 3. The molecule has 0 spiro atoms. The number of guanidine groups is 1. The van der Waals surface area contributed by atoms with Crippen LogP contribution in [0.25, 0.3) is 0 Å². The van der Waals surface area contributed by atoms with Gasteiger partial charge in [-0.1, -0.05) is 12.2 Å². The maximum Gasteiger partial charge on any atom is 0.250 e. The van der Waals surface area contributed by atoms with Gasteiger partial charge in [0.1, 0.15) is 4.21 Å². The molecule has 136 valence electrons. The van der Waals surface area contributed by atoms with E-state index in [4.69, 9.17) is 0 Å². The number of halogens is 1.